The van der Waals surface area contributed by atoms with E-state index in [0.717, 1.165) is 43.2 Å². The van der Waals surface area contributed by atoms with Crippen molar-refractivity contribution in [3.05, 3.63) is 29.8 Å². The highest BCUT2D eigenvalue weighted by Crippen LogP contribution is 2.17. The molecule has 1 N–H and O–H groups in total. The van der Waals surface area contributed by atoms with Crippen LogP contribution in [0.5, 0.6) is 5.75 Å². The third-order valence-corrected chi connectivity index (χ3v) is 5.24. The van der Waals surface area contributed by atoms with Gasteiger partial charge in [0.15, 0.2) is 5.96 Å². The van der Waals surface area contributed by atoms with Gasteiger partial charge in [-0.3, -0.25) is 9.79 Å². The molecule has 0 radical (unpaired) electrons. The Labute approximate surface area is 197 Å². The Morgan fingerprint density at radius 2 is 2.00 bits per heavy atom. The molecule has 1 aromatic rings. The topological polar surface area (TPSA) is 66.4 Å². The third kappa shape index (κ3) is 7.01. The Bertz CT molecular complexity index is 699. The van der Waals surface area contributed by atoms with Gasteiger partial charge in [-0.2, -0.15) is 0 Å². The van der Waals surface area contributed by atoms with Crippen molar-refractivity contribution in [2.45, 2.75) is 39.3 Å². The summed E-state index contributed by atoms with van der Waals surface area (Å²) in [7, 11) is 1.80. The van der Waals surface area contributed by atoms with Gasteiger partial charge in [-0.1, -0.05) is 26.0 Å². The normalized spacial score (nSPS) is 19.6. The number of carbonyl (C=O) groups is 1. The smallest absolute Gasteiger partial charge is 0.251 e. The Kier molecular flexibility index (Phi) is 10.2. The molecule has 30 heavy (non-hydrogen) atoms. The SMILES string of the molecule is CN=C(NCc1cccc(OCC(C)C)c1)N1CCN(C(=O)C2CCCO2)CC1.I. The van der Waals surface area contributed by atoms with Gasteiger partial charge in [-0.05, 0) is 36.5 Å². The van der Waals surface area contributed by atoms with Crippen LogP contribution in [0.15, 0.2) is 29.3 Å². The molecule has 2 aliphatic rings. The molecule has 2 aliphatic heterocycles. The van der Waals surface area contributed by atoms with Crippen molar-refractivity contribution in [1.82, 2.24) is 15.1 Å². The number of nitrogens with one attached hydrogen (secondary N) is 1. The van der Waals surface area contributed by atoms with Crippen molar-refractivity contribution < 1.29 is 14.3 Å². The molecule has 1 unspecified atom stereocenters. The van der Waals surface area contributed by atoms with Gasteiger partial charge in [0.1, 0.15) is 11.9 Å². The predicted molar refractivity (Wildman–Crippen MR) is 130 cm³/mol. The fraction of sp³-hybridized carbons (Fsp3) is 0.636. The van der Waals surface area contributed by atoms with Crippen LogP contribution < -0.4 is 10.1 Å². The van der Waals surface area contributed by atoms with Gasteiger partial charge in [-0.15, -0.1) is 24.0 Å². The Balaban J connectivity index is 0.00000320. The minimum Gasteiger partial charge on any atom is -0.493 e. The molecule has 8 heteroatoms. The lowest BCUT2D eigenvalue weighted by atomic mass is 10.2. The van der Waals surface area contributed by atoms with E-state index in [1.807, 2.05) is 17.0 Å². The number of carbonyl (C=O) groups excluding carboxylic acids is 1. The summed E-state index contributed by atoms with van der Waals surface area (Å²) in [6.07, 6.45) is 1.60. The summed E-state index contributed by atoms with van der Waals surface area (Å²) >= 11 is 0. The lowest BCUT2D eigenvalue weighted by molar-refractivity contribution is -0.142. The average molecular weight is 530 g/mol. The molecule has 3 rings (SSSR count). The molecular formula is C22H35IN4O3. The molecule has 2 saturated heterocycles. The van der Waals surface area contributed by atoms with Gasteiger partial charge in [0, 0.05) is 46.4 Å². The van der Waals surface area contributed by atoms with Gasteiger partial charge in [0.25, 0.3) is 5.91 Å². The molecule has 2 fully saturated rings. The zero-order chi connectivity index (χ0) is 20.6. The molecule has 168 valence electrons. The maximum absolute atomic E-state index is 12.5. The van der Waals surface area contributed by atoms with Crippen molar-refractivity contribution in [3.63, 3.8) is 0 Å². The summed E-state index contributed by atoms with van der Waals surface area (Å²) in [5.41, 5.74) is 1.15. The number of hydrogen-bond acceptors (Lipinski definition) is 4. The molecule has 0 saturated carbocycles. The minimum atomic E-state index is -0.232. The molecule has 1 amide bonds. The minimum absolute atomic E-state index is 0. The standard InChI is InChI=1S/C22H34N4O3.HI/c1-17(2)16-29-19-7-4-6-18(14-19)15-24-22(23-3)26-11-9-25(10-12-26)21(27)20-8-5-13-28-20;/h4,6-7,14,17,20H,5,8-13,15-16H2,1-3H3,(H,23,24);1H. The second-order valence-corrected chi connectivity index (χ2v) is 8.07. The fourth-order valence-electron chi connectivity index (χ4n) is 3.64. The lowest BCUT2D eigenvalue weighted by Gasteiger charge is -2.37. The number of piperazine rings is 1. The average Bonchev–Trinajstić information content (AvgIpc) is 3.28. The molecule has 0 bridgehead atoms. The van der Waals surface area contributed by atoms with E-state index in [-0.39, 0.29) is 36.0 Å². The fourth-order valence-corrected chi connectivity index (χ4v) is 3.64. The van der Waals surface area contributed by atoms with Crippen molar-refractivity contribution in [2.24, 2.45) is 10.9 Å². The van der Waals surface area contributed by atoms with Crippen molar-refractivity contribution in [1.29, 1.82) is 0 Å². The molecular weight excluding hydrogens is 495 g/mol. The van der Waals surface area contributed by atoms with Crippen LogP contribution in [0.25, 0.3) is 0 Å². The molecule has 1 atom stereocenters. The first-order valence-corrected chi connectivity index (χ1v) is 10.6. The highest BCUT2D eigenvalue weighted by atomic mass is 127. The van der Waals surface area contributed by atoms with Crippen LogP contribution >= 0.6 is 24.0 Å². The lowest BCUT2D eigenvalue weighted by Crippen LogP contribution is -2.55. The number of ether oxygens (including phenoxy) is 2. The Morgan fingerprint density at radius 1 is 1.27 bits per heavy atom. The summed E-state index contributed by atoms with van der Waals surface area (Å²) in [4.78, 5) is 21.1. The molecule has 2 heterocycles. The molecule has 0 aliphatic carbocycles. The summed E-state index contributed by atoms with van der Waals surface area (Å²) < 4.78 is 11.4. The highest BCUT2D eigenvalue weighted by Gasteiger charge is 2.30. The van der Waals surface area contributed by atoms with E-state index in [4.69, 9.17) is 9.47 Å². The van der Waals surface area contributed by atoms with E-state index in [0.29, 0.717) is 38.8 Å². The molecule has 0 aromatic heterocycles. The van der Waals surface area contributed by atoms with Gasteiger partial charge in [0.05, 0.1) is 6.61 Å². The van der Waals surface area contributed by atoms with Crippen molar-refractivity contribution in [2.75, 3.05) is 46.4 Å². The number of guanidine groups is 1. The maximum Gasteiger partial charge on any atom is 0.251 e. The number of nitrogens with zero attached hydrogens (tertiary/aromatic N) is 3. The van der Waals surface area contributed by atoms with Crippen LogP contribution in [0.3, 0.4) is 0 Å². The number of benzene rings is 1. The van der Waals surface area contributed by atoms with E-state index in [9.17, 15) is 4.79 Å². The number of halogens is 1. The van der Waals surface area contributed by atoms with Crippen molar-refractivity contribution >= 4 is 35.8 Å². The Hall–Kier alpha value is -1.55. The molecule has 1 aromatic carbocycles. The first-order valence-electron chi connectivity index (χ1n) is 10.6. The first kappa shape index (κ1) is 24.7. The molecule has 7 nitrogen and oxygen atoms in total. The number of aliphatic imine (C=N–C) groups is 1. The number of hydrogen-bond donors (Lipinski definition) is 1. The summed E-state index contributed by atoms with van der Waals surface area (Å²) in [6, 6.07) is 8.16. The van der Waals surface area contributed by atoms with Crippen molar-refractivity contribution in [3.8, 4) is 5.75 Å². The number of amides is 1. The second-order valence-electron chi connectivity index (χ2n) is 8.07. The summed E-state index contributed by atoms with van der Waals surface area (Å²) in [5, 5.41) is 3.44. The largest absolute Gasteiger partial charge is 0.493 e. The van der Waals surface area contributed by atoms with E-state index < -0.39 is 0 Å². The second kappa shape index (κ2) is 12.3. The van der Waals surface area contributed by atoms with E-state index >= 15 is 0 Å². The quantitative estimate of drug-likeness (QED) is 0.348. The summed E-state index contributed by atoms with van der Waals surface area (Å²) in [6.45, 7) is 9.35. The van der Waals surface area contributed by atoms with E-state index in [2.05, 4.69) is 41.2 Å². The predicted octanol–water partition coefficient (Wildman–Crippen LogP) is 2.74. The first-order chi connectivity index (χ1) is 14.1. The van der Waals surface area contributed by atoms with Crippen LogP contribution in [0.4, 0.5) is 0 Å². The highest BCUT2D eigenvalue weighted by molar-refractivity contribution is 14.0. The maximum atomic E-state index is 12.5. The van der Waals surface area contributed by atoms with Crippen LogP contribution in [0.1, 0.15) is 32.3 Å². The number of rotatable bonds is 6. The summed E-state index contributed by atoms with van der Waals surface area (Å²) in [5.74, 6) is 2.40. The zero-order valence-corrected chi connectivity index (χ0v) is 20.6. The van der Waals surface area contributed by atoms with Crippen LogP contribution in [0.2, 0.25) is 0 Å². The molecule has 0 spiro atoms. The zero-order valence-electron chi connectivity index (χ0n) is 18.3. The third-order valence-electron chi connectivity index (χ3n) is 5.24. The van der Waals surface area contributed by atoms with Gasteiger partial charge < -0.3 is 24.6 Å². The van der Waals surface area contributed by atoms with E-state index in [1.54, 1.807) is 7.05 Å². The van der Waals surface area contributed by atoms with Crippen LogP contribution in [0, 0.1) is 5.92 Å². The Morgan fingerprint density at radius 3 is 2.63 bits per heavy atom. The monoisotopic (exact) mass is 530 g/mol. The van der Waals surface area contributed by atoms with Gasteiger partial charge in [0.2, 0.25) is 0 Å². The van der Waals surface area contributed by atoms with E-state index in [1.165, 1.54) is 0 Å². The van der Waals surface area contributed by atoms with Crippen LogP contribution in [-0.2, 0) is 16.1 Å². The van der Waals surface area contributed by atoms with Gasteiger partial charge >= 0.3 is 0 Å². The van der Waals surface area contributed by atoms with Gasteiger partial charge in [-0.25, -0.2) is 0 Å². The van der Waals surface area contributed by atoms with Crippen LogP contribution in [-0.4, -0.2) is 74.2 Å².